The van der Waals surface area contributed by atoms with Gasteiger partial charge in [-0.15, -0.1) is 0 Å². The van der Waals surface area contributed by atoms with Crippen molar-refractivity contribution in [2.75, 3.05) is 17.2 Å². The molecule has 1 saturated carbocycles. The lowest BCUT2D eigenvalue weighted by Crippen LogP contribution is -2.29. The lowest BCUT2D eigenvalue weighted by molar-refractivity contribution is 0.753. The van der Waals surface area contributed by atoms with Crippen LogP contribution < -0.4 is 10.6 Å². The van der Waals surface area contributed by atoms with E-state index in [1.807, 2.05) is 6.92 Å². The highest BCUT2D eigenvalue weighted by Crippen LogP contribution is 2.33. The highest BCUT2D eigenvalue weighted by Gasteiger charge is 2.31. The Labute approximate surface area is 114 Å². The molecule has 102 valence electrons. The quantitative estimate of drug-likeness (QED) is 0.847. The largest absolute Gasteiger partial charge is 0.383 e. The first kappa shape index (κ1) is 13.6. The first-order chi connectivity index (χ1) is 9.17. The lowest BCUT2D eigenvalue weighted by atomic mass is 10.2. The predicted octanol–water partition coefficient (Wildman–Crippen LogP) is 2.20. The monoisotopic (exact) mass is 259 g/mol. The molecule has 0 aliphatic heterocycles. The molecule has 5 nitrogen and oxygen atoms in total. The van der Waals surface area contributed by atoms with Crippen LogP contribution in [-0.4, -0.2) is 22.6 Å². The maximum atomic E-state index is 8.79. The Hall–Kier alpha value is -1.83. The third-order valence-electron chi connectivity index (χ3n) is 3.40. The van der Waals surface area contributed by atoms with E-state index in [2.05, 4.69) is 27.9 Å². The minimum atomic E-state index is 0.517. The first-order valence-corrected chi connectivity index (χ1v) is 6.94. The standard InChI is InChI=1S/C14H21N5/c1-3-5-12-17-13(16)10(2)14(18-12)19(9-4-8-15)11-6-7-11/h11H,3-7,9H2,1-2H3,(H2,16,17,18). The van der Waals surface area contributed by atoms with E-state index in [-0.39, 0.29) is 0 Å². The van der Waals surface area contributed by atoms with E-state index < -0.39 is 0 Å². The molecule has 0 amide bonds. The Morgan fingerprint density at radius 3 is 2.74 bits per heavy atom. The highest BCUT2D eigenvalue weighted by molar-refractivity contribution is 5.57. The van der Waals surface area contributed by atoms with Crippen LogP contribution in [0.15, 0.2) is 0 Å². The molecule has 1 heterocycles. The molecule has 0 spiro atoms. The average molecular weight is 259 g/mol. The molecule has 5 heteroatoms. The summed E-state index contributed by atoms with van der Waals surface area (Å²) in [6, 6.07) is 2.73. The van der Waals surface area contributed by atoms with Gasteiger partial charge < -0.3 is 10.6 Å². The van der Waals surface area contributed by atoms with Crippen molar-refractivity contribution in [3.05, 3.63) is 11.4 Å². The summed E-state index contributed by atoms with van der Waals surface area (Å²) in [6.45, 7) is 4.79. The molecular formula is C14H21N5. The van der Waals surface area contributed by atoms with Crippen molar-refractivity contribution in [3.63, 3.8) is 0 Å². The number of aryl methyl sites for hydroxylation is 1. The summed E-state index contributed by atoms with van der Waals surface area (Å²) in [4.78, 5) is 11.2. The van der Waals surface area contributed by atoms with Gasteiger partial charge in [-0.1, -0.05) is 6.92 Å². The third kappa shape index (κ3) is 3.14. The number of hydrogen-bond acceptors (Lipinski definition) is 5. The number of hydrogen-bond donors (Lipinski definition) is 1. The molecule has 1 aromatic rings. The Morgan fingerprint density at radius 2 is 2.16 bits per heavy atom. The summed E-state index contributed by atoms with van der Waals surface area (Å²) in [6.07, 6.45) is 4.72. The van der Waals surface area contributed by atoms with Gasteiger partial charge in [0.25, 0.3) is 0 Å². The normalized spacial score (nSPS) is 14.2. The number of rotatable bonds is 6. The van der Waals surface area contributed by atoms with Crippen LogP contribution >= 0.6 is 0 Å². The summed E-state index contributed by atoms with van der Waals surface area (Å²) in [5, 5.41) is 8.79. The van der Waals surface area contributed by atoms with Crippen LogP contribution in [0.2, 0.25) is 0 Å². The van der Waals surface area contributed by atoms with Crippen LogP contribution in [0, 0.1) is 18.3 Å². The zero-order valence-electron chi connectivity index (χ0n) is 11.7. The summed E-state index contributed by atoms with van der Waals surface area (Å²) >= 11 is 0. The van der Waals surface area contributed by atoms with E-state index in [9.17, 15) is 0 Å². The van der Waals surface area contributed by atoms with Gasteiger partial charge in [-0.2, -0.15) is 5.26 Å². The predicted molar refractivity (Wildman–Crippen MR) is 75.8 cm³/mol. The molecule has 0 unspecified atom stereocenters. The number of aromatic nitrogens is 2. The summed E-state index contributed by atoms with van der Waals surface area (Å²) in [5.74, 6) is 2.30. The number of nitrogens with two attached hydrogens (primary N) is 1. The molecule has 0 saturated heterocycles. The van der Waals surface area contributed by atoms with Gasteiger partial charge in [0.15, 0.2) is 0 Å². The van der Waals surface area contributed by atoms with Gasteiger partial charge >= 0.3 is 0 Å². The van der Waals surface area contributed by atoms with E-state index in [1.54, 1.807) is 0 Å². The van der Waals surface area contributed by atoms with Crippen LogP contribution in [0.3, 0.4) is 0 Å². The Bertz CT molecular complexity index is 487. The highest BCUT2D eigenvalue weighted by atomic mass is 15.2. The molecule has 1 fully saturated rings. The zero-order valence-corrected chi connectivity index (χ0v) is 11.7. The summed E-state index contributed by atoms with van der Waals surface area (Å²) in [5.41, 5.74) is 6.93. The van der Waals surface area contributed by atoms with E-state index in [4.69, 9.17) is 11.0 Å². The van der Waals surface area contributed by atoms with Crippen molar-refractivity contribution >= 4 is 11.6 Å². The van der Waals surface area contributed by atoms with Crippen molar-refractivity contribution in [1.82, 2.24) is 9.97 Å². The fourth-order valence-corrected chi connectivity index (χ4v) is 2.20. The van der Waals surface area contributed by atoms with Gasteiger partial charge in [-0.25, -0.2) is 9.97 Å². The maximum Gasteiger partial charge on any atom is 0.137 e. The fraction of sp³-hybridized carbons (Fsp3) is 0.643. The fourth-order valence-electron chi connectivity index (χ4n) is 2.20. The molecule has 0 radical (unpaired) electrons. The summed E-state index contributed by atoms with van der Waals surface area (Å²) < 4.78 is 0. The van der Waals surface area contributed by atoms with Gasteiger partial charge in [-0.3, -0.25) is 0 Å². The van der Waals surface area contributed by atoms with E-state index in [0.717, 1.165) is 36.6 Å². The minimum absolute atomic E-state index is 0.517. The SMILES string of the molecule is CCCc1nc(N)c(C)c(N(CCC#N)C2CC2)n1. The number of nitrogen functional groups attached to an aromatic ring is 1. The van der Waals surface area contributed by atoms with Crippen molar-refractivity contribution in [2.24, 2.45) is 0 Å². The number of nitriles is 1. The Balaban J connectivity index is 2.31. The maximum absolute atomic E-state index is 8.79. The second kappa shape index (κ2) is 5.87. The molecule has 0 atom stereocenters. The van der Waals surface area contributed by atoms with E-state index in [1.165, 1.54) is 12.8 Å². The molecule has 19 heavy (non-hydrogen) atoms. The second-order valence-electron chi connectivity index (χ2n) is 5.06. The first-order valence-electron chi connectivity index (χ1n) is 6.94. The smallest absolute Gasteiger partial charge is 0.137 e. The minimum Gasteiger partial charge on any atom is -0.383 e. The van der Waals surface area contributed by atoms with Crippen LogP contribution in [0.25, 0.3) is 0 Å². The lowest BCUT2D eigenvalue weighted by Gasteiger charge is -2.25. The molecule has 2 N–H and O–H groups in total. The van der Waals surface area contributed by atoms with E-state index in [0.29, 0.717) is 18.3 Å². The second-order valence-corrected chi connectivity index (χ2v) is 5.06. The number of nitrogens with zero attached hydrogens (tertiary/aromatic N) is 4. The van der Waals surface area contributed by atoms with Crippen molar-refractivity contribution < 1.29 is 0 Å². The molecule has 0 bridgehead atoms. The van der Waals surface area contributed by atoms with Crippen molar-refractivity contribution in [2.45, 2.75) is 52.0 Å². The van der Waals surface area contributed by atoms with Gasteiger partial charge in [0, 0.05) is 24.6 Å². The van der Waals surface area contributed by atoms with Gasteiger partial charge in [0.05, 0.1) is 12.5 Å². The average Bonchev–Trinajstić information content (AvgIpc) is 3.20. The molecule has 1 aromatic heterocycles. The van der Waals surface area contributed by atoms with Gasteiger partial charge in [0.2, 0.25) is 0 Å². The van der Waals surface area contributed by atoms with Gasteiger partial charge in [0.1, 0.15) is 17.5 Å². The molecule has 2 rings (SSSR count). The molecular weight excluding hydrogens is 238 g/mol. The summed E-state index contributed by atoms with van der Waals surface area (Å²) in [7, 11) is 0. The van der Waals surface area contributed by atoms with Crippen LogP contribution in [0.5, 0.6) is 0 Å². The van der Waals surface area contributed by atoms with Gasteiger partial charge in [-0.05, 0) is 26.2 Å². The van der Waals surface area contributed by atoms with Crippen molar-refractivity contribution in [3.8, 4) is 6.07 Å². The number of anilines is 2. The Kier molecular flexibility index (Phi) is 4.20. The molecule has 1 aliphatic carbocycles. The topological polar surface area (TPSA) is 78.8 Å². The Morgan fingerprint density at radius 1 is 1.42 bits per heavy atom. The molecule has 0 aromatic carbocycles. The van der Waals surface area contributed by atoms with Crippen LogP contribution in [-0.2, 0) is 6.42 Å². The molecule has 1 aliphatic rings. The third-order valence-corrected chi connectivity index (χ3v) is 3.40. The van der Waals surface area contributed by atoms with Crippen molar-refractivity contribution in [1.29, 1.82) is 5.26 Å². The van der Waals surface area contributed by atoms with Crippen LogP contribution in [0.4, 0.5) is 11.6 Å². The van der Waals surface area contributed by atoms with Crippen LogP contribution in [0.1, 0.15) is 44.0 Å². The zero-order chi connectivity index (χ0) is 13.8. The van der Waals surface area contributed by atoms with E-state index >= 15 is 0 Å².